The Labute approximate surface area is 122 Å². The minimum absolute atomic E-state index is 0.418. The number of nitrogens with one attached hydrogen (secondary N) is 1. The van der Waals surface area contributed by atoms with Gasteiger partial charge >= 0.3 is 5.97 Å². The van der Waals surface area contributed by atoms with Gasteiger partial charge in [-0.15, -0.1) is 0 Å². The first-order valence-corrected chi connectivity index (χ1v) is 8.29. The fraction of sp³-hybridized carbons (Fsp3) is 0.938. The minimum atomic E-state index is -0.739. The van der Waals surface area contributed by atoms with E-state index in [2.05, 4.69) is 5.32 Å². The lowest BCUT2D eigenvalue weighted by Gasteiger charge is -2.30. The third kappa shape index (κ3) is 4.45. The molecule has 1 unspecified atom stereocenters. The zero-order valence-corrected chi connectivity index (χ0v) is 12.7. The zero-order valence-electron chi connectivity index (χ0n) is 12.7. The predicted octanol–water partition coefficient (Wildman–Crippen LogP) is 3.10. The smallest absolute Gasteiger partial charge is 0.323 e. The number of rotatable bonds is 9. The van der Waals surface area contributed by atoms with Gasteiger partial charge < -0.3 is 9.84 Å². The van der Waals surface area contributed by atoms with Crippen LogP contribution in [0.25, 0.3) is 0 Å². The molecular formula is C16H29NO3. The van der Waals surface area contributed by atoms with Crippen molar-refractivity contribution >= 4 is 5.97 Å². The first-order valence-electron chi connectivity index (χ1n) is 8.29. The normalized spacial score (nSPS) is 23.4. The number of aliphatic carboxylic acids is 1. The SMILES string of the molecule is CCC(CCCOC1CCCCC1)(NC1CC1)C(=O)O. The van der Waals surface area contributed by atoms with E-state index in [1.807, 2.05) is 6.92 Å². The minimum Gasteiger partial charge on any atom is -0.480 e. The number of ether oxygens (including phenoxy) is 1. The zero-order chi connectivity index (χ0) is 14.4. The second-order valence-electron chi connectivity index (χ2n) is 6.39. The first kappa shape index (κ1) is 15.8. The van der Waals surface area contributed by atoms with Crippen LogP contribution in [-0.2, 0) is 9.53 Å². The summed E-state index contributed by atoms with van der Waals surface area (Å²) in [5, 5.41) is 12.9. The van der Waals surface area contributed by atoms with Crippen LogP contribution in [-0.4, -0.2) is 35.4 Å². The molecule has 2 fully saturated rings. The topological polar surface area (TPSA) is 58.6 Å². The number of carboxylic acids is 1. The summed E-state index contributed by atoms with van der Waals surface area (Å²) < 4.78 is 5.90. The lowest BCUT2D eigenvalue weighted by Crippen LogP contribution is -2.52. The van der Waals surface area contributed by atoms with Crippen LogP contribution in [0.4, 0.5) is 0 Å². The van der Waals surface area contributed by atoms with E-state index in [9.17, 15) is 9.90 Å². The summed E-state index contributed by atoms with van der Waals surface area (Å²) in [6.45, 7) is 2.66. The molecule has 0 aliphatic heterocycles. The molecule has 2 aliphatic rings. The predicted molar refractivity (Wildman–Crippen MR) is 78.9 cm³/mol. The van der Waals surface area contributed by atoms with Gasteiger partial charge in [-0.1, -0.05) is 26.2 Å². The van der Waals surface area contributed by atoms with Crippen LogP contribution in [0.15, 0.2) is 0 Å². The van der Waals surface area contributed by atoms with E-state index in [0.717, 1.165) is 19.3 Å². The molecule has 0 aromatic rings. The maximum atomic E-state index is 11.6. The Morgan fingerprint density at radius 1 is 1.25 bits per heavy atom. The largest absolute Gasteiger partial charge is 0.480 e. The number of carboxylic acid groups (broad SMARTS) is 1. The molecule has 2 rings (SSSR count). The van der Waals surface area contributed by atoms with Crippen molar-refractivity contribution in [2.45, 2.75) is 88.8 Å². The second kappa shape index (κ2) is 7.41. The van der Waals surface area contributed by atoms with Crippen molar-refractivity contribution in [3.8, 4) is 0 Å². The van der Waals surface area contributed by atoms with E-state index >= 15 is 0 Å². The molecular weight excluding hydrogens is 254 g/mol. The van der Waals surface area contributed by atoms with Gasteiger partial charge in [0.1, 0.15) is 5.54 Å². The summed E-state index contributed by atoms with van der Waals surface area (Å²) in [6, 6.07) is 0.422. The molecule has 2 saturated carbocycles. The number of hydrogen-bond donors (Lipinski definition) is 2. The van der Waals surface area contributed by atoms with Crippen molar-refractivity contribution < 1.29 is 14.6 Å². The van der Waals surface area contributed by atoms with Gasteiger partial charge in [-0.2, -0.15) is 0 Å². The van der Waals surface area contributed by atoms with Crippen LogP contribution in [0, 0.1) is 0 Å². The van der Waals surface area contributed by atoms with Crippen molar-refractivity contribution in [2.24, 2.45) is 0 Å². The molecule has 2 N–H and O–H groups in total. The molecule has 0 radical (unpaired) electrons. The Morgan fingerprint density at radius 2 is 1.95 bits per heavy atom. The monoisotopic (exact) mass is 283 g/mol. The molecule has 4 nitrogen and oxygen atoms in total. The molecule has 0 aromatic carbocycles. The molecule has 1 atom stereocenters. The lowest BCUT2D eigenvalue weighted by molar-refractivity contribution is -0.145. The highest BCUT2D eigenvalue weighted by atomic mass is 16.5. The summed E-state index contributed by atoms with van der Waals surface area (Å²) in [4.78, 5) is 11.6. The highest BCUT2D eigenvalue weighted by Gasteiger charge is 2.40. The molecule has 0 spiro atoms. The number of hydrogen-bond acceptors (Lipinski definition) is 3. The van der Waals surface area contributed by atoms with Gasteiger partial charge in [0, 0.05) is 12.6 Å². The average Bonchev–Trinajstić information content (AvgIpc) is 3.27. The fourth-order valence-electron chi connectivity index (χ4n) is 3.15. The Hall–Kier alpha value is -0.610. The molecule has 0 aromatic heterocycles. The molecule has 0 bridgehead atoms. The van der Waals surface area contributed by atoms with Crippen LogP contribution in [0.5, 0.6) is 0 Å². The second-order valence-corrected chi connectivity index (χ2v) is 6.39. The maximum Gasteiger partial charge on any atom is 0.323 e. The summed E-state index contributed by atoms with van der Waals surface area (Å²) in [7, 11) is 0. The quantitative estimate of drug-likeness (QED) is 0.638. The highest BCUT2D eigenvalue weighted by molar-refractivity contribution is 5.78. The summed E-state index contributed by atoms with van der Waals surface area (Å²) in [5.41, 5.74) is -0.739. The standard InChI is InChI=1S/C16H29NO3/c1-2-16(15(18)19,17-13-9-10-13)11-6-12-20-14-7-4-3-5-8-14/h13-14,17H,2-12H2,1H3,(H,18,19). The molecule has 116 valence electrons. The van der Waals surface area contributed by atoms with Crippen molar-refractivity contribution in [3.05, 3.63) is 0 Å². The molecule has 0 saturated heterocycles. The Bertz CT molecular complexity index is 311. The van der Waals surface area contributed by atoms with Gasteiger partial charge in [0.2, 0.25) is 0 Å². The van der Waals surface area contributed by atoms with Gasteiger partial charge in [0.05, 0.1) is 6.10 Å². The van der Waals surface area contributed by atoms with Crippen LogP contribution in [0.2, 0.25) is 0 Å². The number of carbonyl (C=O) groups is 1. The van der Waals surface area contributed by atoms with Crippen LogP contribution < -0.4 is 5.32 Å². The van der Waals surface area contributed by atoms with E-state index in [0.29, 0.717) is 31.6 Å². The van der Waals surface area contributed by atoms with Gasteiger partial charge in [-0.25, -0.2) is 0 Å². The van der Waals surface area contributed by atoms with Gasteiger partial charge in [-0.05, 0) is 44.9 Å². The molecule has 4 heteroatoms. The van der Waals surface area contributed by atoms with Gasteiger partial charge in [-0.3, -0.25) is 10.1 Å². The summed E-state index contributed by atoms with van der Waals surface area (Å²) >= 11 is 0. The van der Waals surface area contributed by atoms with Crippen LogP contribution in [0.1, 0.15) is 71.1 Å². The van der Waals surface area contributed by atoms with Crippen molar-refractivity contribution in [1.82, 2.24) is 5.32 Å². The van der Waals surface area contributed by atoms with E-state index < -0.39 is 11.5 Å². The summed E-state index contributed by atoms with van der Waals surface area (Å²) in [6.07, 6.45) is 11.0. The van der Waals surface area contributed by atoms with Gasteiger partial charge in [0.15, 0.2) is 0 Å². The van der Waals surface area contributed by atoms with Crippen LogP contribution >= 0.6 is 0 Å². The molecule has 20 heavy (non-hydrogen) atoms. The lowest BCUT2D eigenvalue weighted by atomic mass is 9.90. The van der Waals surface area contributed by atoms with E-state index in [-0.39, 0.29) is 0 Å². The van der Waals surface area contributed by atoms with Crippen LogP contribution in [0.3, 0.4) is 0 Å². The first-order chi connectivity index (χ1) is 9.66. The van der Waals surface area contributed by atoms with Crippen molar-refractivity contribution in [2.75, 3.05) is 6.61 Å². The van der Waals surface area contributed by atoms with E-state index in [4.69, 9.17) is 4.74 Å². The molecule has 2 aliphatic carbocycles. The molecule has 0 heterocycles. The van der Waals surface area contributed by atoms with Crippen molar-refractivity contribution in [1.29, 1.82) is 0 Å². The van der Waals surface area contributed by atoms with E-state index in [1.165, 1.54) is 32.1 Å². The third-order valence-corrected chi connectivity index (χ3v) is 4.72. The molecule has 0 amide bonds. The summed E-state index contributed by atoms with van der Waals surface area (Å²) in [5.74, 6) is -0.704. The highest BCUT2D eigenvalue weighted by Crippen LogP contribution is 2.28. The Morgan fingerprint density at radius 3 is 2.50 bits per heavy atom. The van der Waals surface area contributed by atoms with Crippen molar-refractivity contribution in [3.63, 3.8) is 0 Å². The van der Waals surface area contributed by atoms with E-state index in [1.54, 1.807) is 0 Å². The Balaban J connectivity index is 1.71. The Kier molecular flexibility index (Phi) is 5.85. The maximum absolute atomic E-state index is 11.6. The van der Waals surface area contributed by atoms with Gasteiger partial charge in [0.25, 0.3) is 0 Å². The third-order valence-electron chi connectivity index (χ3n) is 4.72. The fourth-order valence-corrected chi connectivity index (χ4v) is 3.15. The average molecular weight is 283 g/mol.